The molecule has 0 amide bonds. The fourth-order valence-corrected chi connectivity index (χ4v) is 4.28. The van der Waals surface area contributed by atoms with Gasteiger partial charge in [-0.05, 0) is 37.1 Å². The van der Waals surface area contributed by atoms with Gasteiger partial charge in [0, 0.05) is 23.3 Å². The molecule has 29 heavy (non-hydrogen) atoms. The Morgan fingerprint density at radius 2 is 2.00 bits per heavy atom. The number of nitrogens with zero attached hydrogens (tertiary/aromatic N) is 5. The van der Waals surface area contributed by atoms with E-state index in [0.29, 0.717) is 39.1 Å². The van der Waals surface area contributed by atoms with E-state index < -0.39 is 0 Å². The van der Waals surface area contributed by atoms with E-state index in [0.717, 1.165) is 18.7 Å². The molecule has 3 heterocycles. The third-order valence-corrected chi connectivity index (χ3v) is 5.86. The summed E-state index contributed by atoms with van der Waals surface area (Å²) >= 11 is 6.14. The molecule has 0 bridgehead atoms. The molecule has 7 nitrogen and oxygen atoms in total. The summed E-state index contributed by atoms with van der Waals surface area (Å²) in [5.74, 6) is 2.28. The lowest BCUT2D eigenvalue weighted by Gasteiger charge is -2.17. The minimum Gasteiger partial charge on any atom is -0.495 e. The van der Waals surface area contributed by atoms with Crippen molar-refractivity contribution in [1.82, 2.24) is 24.1 Å². The number of fused-ring (bicyclic) bond motifs is 3. The maximum atomic E-state index is 13.2. The van der Waals surface area contributed by atoms with Crippen molar-refractivity contribution >= 4 is 28.3 Å². The molecule has 0 aliphatic heterocycles. The second kappa shape index (κ2) is 7.15. The van der Waals surface area contributed by atoms with Crippen LogP contribution in [0.4, 0.5) is 0 Å². The predicted octanol–water partition coefficient (Wildman–Crippen LogP) is 4.14. The molecule has 0 N–H and O–H groups in total. The first kappa shape index (κ1) is 18.1. The molecule has 1 aliphatic carbocycles. The van der Waals surface area contributed by atoms with Gasteiger partial charge in [-0.1, -0.05) is 30.9 Å². The number of ether oxygens (including phenoxy) is 1. The summed E-state index contributed by atoms with van der Waals surface area (Å²) in [5, 5.41) is 5.69. The number of benzene rings is 1. The normalized spacial score (nSPS) is 15.2. The number of hydrogen-bond acceptors (Lipinski definition) is 5. The number of aromatic nitrogens is 5. The third-order valence-electron chi connectivity index (χ3n) is 5.62. The number of halogens is 1. The first-order valence-corrected chi connectivity index (χ1v) is 10.1. The Labute approximate surface area is 171 Å². The standard InChI is InChI=1S/C21H20ClN5O2/c1-29-18-8-7-14(22)11-17(18)26-10-9-16-15(20(26)28)12-23-21-24-19(25-27(16)21)13-5-3-2-4-6-13/h7-13H,2-6H2,1H3. The smallest absolute Gasteiger partial charge is 0.266 e. The largest absolute Gasteiger partial charge is 0.495 e. The Balaban J connectivity index is 1.67. The lowest BCUT2D eigenvalue weighted by atomic mass is 9.89. The molecule has 8 heteroatoms. The van der Waals surface area contributed by atoms with Crippen LogP contribution in [0.15, 0.2) is 41.5 Å². The number of rotatable bonds is 3. The van der Waals surface area contributed by atoms with Crippen LogP contribution in [-0.2, 0) is 0 Å². The topological polar surface area (TPSA) is 74.3 Å². The van der Waals surface area contributed by atoms with Gasteiger partial charge in [0.2, 0.25) is 0 Å². The van der Waals surface area contributed by atoms with Crippen LogP contribution in [0.1, 0.15) is 43.8 Å². The average Bonchev–Trinajstić information content (AvgIpc) is 3.19. The fourth-order valence-electron chi connectivity index (χ4n) is 4.11. The number of hydrogen-bond donors (Lipinski definition) is 0. The van der Waals surface area contributed by atoms with Gasteiger partial charge in [-0.2, -0.15) is 9.50 Å². The molecule has 1 fully saturated rings. The van der Waals surface area contributed by atoms with Gasteiger partial charge in [0.15, 0.2) is 5.82 Å². The second-order valence-corrected chi connectivity index (χ2v) is 7.82. The molecule has 1 aliphatic rings. The molecule has 1 aromatic carbocycles. The zero-order valence-corrected chi connectivity index (χ0v) is 16.8. The van der Waals surface area contributed by atoms with E-state index in [1.165, 1.54) is 23.8 Å². The van der Waals surface area contributed by atoms with E-state index in [1.54, 1.807) is 42.2 Å². The molecule has 0 saturated heterocycles. The van der Waals surface area contributed by atoms with Crippen LogP contribution >= 0.6 is 11.6 Å². The highest BCUT2D eigenvalue weighted by atomic mass is 35.5. The van der Waals surface area contributed by atoms with Crippen LogP contribution in [0, 0.1) is 0 Å². The molecule has 0 radical (unpaired) electrons. The van der Waals surface area contributed by atoms with Crippen molar-refractivity contribution in [3.63, 3.8) is 0 Å². The van der Waals surface area contributed by atoms with Crippen molar-refractivity contribution in [1.29, 1.82) is 0 Å². The van der Waals surface area contributed by atoms with Crippen molar-refractivity contribution in [3.8, 4) is 11.4 Å². The van der Waals surface area contributed by atoms with E-state index in [4.69, 9.17) is 21.4 Å². The molecule has 0 unspecified atom stereocenters. The van der Waals surface area contributed by atoms with Gasteiger partial charge in [-0.25, -0.2) is 4.98 Å². The molecule has 4 aromatic rings. The number of pyridine rings is 1. The van der Waals surface area contributed by atoms with Crippen LogP contribution in [0.2, 0.25) is 5.02 Å². The maximum absolute atomic E-state index is 13.2. The van der Waals surface area contributed by atoms with Gasteiger partial charge in [-0.3, -0.25) is 9.36 Å². The molecule has 1 saturated carbocycles. The SMILES string of the molecule is COc1ccc(Cl)cc1-n1ccc2c(cnc3nc(C4CCCCC4)nn32)c1=O. The third kappa shape index (κ3) is 3.06. The summed E-state index contributed by atoms with van der Waals surface area (Å²) in [6.07, 6.45) is 9.19. The van der Waals surface area contributed by atoms with Crippen LogP contribution in [-0.4, -0.2) is 31.3 Å². The zero-order chi connectivity index (χ0) is 20.0. The summed E-state index contributed by atoms with van der Waals surface area (Å²) in [6, 6.07) is 7.02. The van der Waals surface area contributed by atoms with Crippen LogP contribution in [0.3, 0.4) is 0 Å². The summed E-state index contributed by atoms with van der Waals surface area (Å²) < 4.78 is 8.60. The first-order valence-electron chi connectivity index (χ1n) is 9.76. The highest BCUT2D eigenvalue weighted by Crippen LogP contribution is 2.31. The molecular weight excluding hydrogens is 390 g/mol. The van der Waals surface area contributed by atoms with Gasteiger partial charge in [-0.15, -0.1) is 5.10 Å². The zero-order valence-electron chi connectivity index (χ0n) is 16.0. The monoisotopic (exact) mass is 409 g/mol. The fraction of sp³-hybridized carbons (Fsp3) is 0.333. The minimum absolute atomic E-state index is 0.216. The van der Waals surface area contributed by atoms with E-state index in [-0.39, 0.29) is 5.56 Å². The molecule has 0 spiro atoms. The van der Waals surface area contributed by atoms with Gasteiger partial charge in [0.05, 0.1) is 23.7 Å². The highest BCUT2D eigenvalue weighted by molar-refractivity contribution is 6.30. The summed E-state index contributed by atoms with van der Waals surface area (Å²) in [7, 11) is 1.56. The van der Waals surface area contributed by atoms with Crippen LogP contribution in [0.5, 0.6) is 5.75 Å². The summed E-state index contributed by atoms with van der Waals surface area (Å²) in [5.41, 5.74) is 1.05. The van der Waals surface area contributed by atoms with E-state index in [1.807, 2.05) is 6.07 Å². The van der Waals surface area contributed by atoms with Crippen molar-refractivity contribution in [2.24, 2.45) is 0 Å². The molecule has 3 aromatic heterocycles. The highest BCUT2D eigenvalue weighted by Gasteiger charge is 2.21. The predicted molar refractivity (Wildman–Crippen MR) is 111 cm³/mol. The van der Waals surface area contributed by atoms with Crippen molar-refractivity contribution in [2.75, 3.05) is 7.11 Å². The molecule has 148 valence electrons. The molecule has 0 atom stereocenters. The molecular formula is C21H20ClN5O2. The summed E-state index contributed by atoms with van der Waals surface area (Å²) in [4.78, 5) is 22.3. The van der Waals surface area contributed by atoms with Crippen LogP contribution < -0.4 is 10.3 Å². The Morgan fingerprint density at radius 3 is 2.79 bits per heavy atom. The number of methoxy groups -OCH3 is 1. The minimum atomic E-state index is -0.216. The van der Waals surface area contributed by atoms with Gasteiger partial charge >= 0.3 is 0 Å². The molecule has 5 rings (SSSR count). The van der Waals surface area contributed by atoms with Crippen molar-refractivity contribution in [2.45, 2.75) is 38.0 Å². The van der Waals surface area contributed by atoms with E-state index in [2.05, 4.69) is 9.97 Å². The Bertz CT molecular complexity index is 1270. The lowest BCUT2D eigenvalue weighted by Crippen LogP contribution is -2.19. The Morgan fingerprint density at radius 1 is 1.17 bits per heavy atom. The maximum Gasteiger partial charge on any atom is 0.266 e. The van der Waals surface area contributed by atoms with Crippen molar-refractivity contribution < 1.29 is 4.74 Å². The van der Waals surface area contributed by atoms with Gasteiger partial charge < -0.3 is 4.74 Å². The Kier molecular flexibility index (Phi) is 4.47. The van der Waals surface area contributed by atoms with Crippen molar-refractivity contribution in [3.05, 3.63) is 57.9 Å². The lowest BCUT2D eigenvalue weighted by molar-refractivity contribution is 0.412. The van der Waals surface area contributed by atoms with Gasteiger partial charge in [0.25, 0.3) is 11.3 Å². The van der Waals surface area contributed by atoms with E-state index >= 15 is 0 Å². The quantitative estimate of drug-likeness (QED) is 0.508. The van der Waals surface area contributed by atoms with Crippen LogP contribution in [0.25, 0.3) is 22.4 Å². The Hall–Kier alpha value is -2.93. The van der Waals surface area contributed by atoms with Gasteiger partial charge in [0.1, 0.15) is 5.75 Å². The summed E-state index contributed by atoms with van der Waals surface area (Å²) in [6.45, 7) is 0. The van der Waals surface area contributed by atoms with E-state index in [9.17, 15) is 4.79 Å². The average molecular weight is 410 g/mol. The first-order chi connectivity index (χ1) is 14.2. The second-order valence-electron chi connectivity index (χ2n) is 7.38.